The molecule has 0 aliphatic heterocycles. The van der Waals surface area contributed by atoms with E-state index in [0.717, 1.165) is 12.1 Å². The van der Waals surface area contributed by atoms with Gasteiger partial charge in [0.25, 0.3) is 0 Å². The Balaban J connectivity index is 2.14. The Bertz CT molecular complexity index is 753. The first kappa shape index (κ1) is 13.7. The molecule has 108 valence electrons. The lowest BCUT2D eigenvalue weighted by atomic mass is 10.0. The molecule has 0 fully saturated rings. The van der Waals surface area contributed by atoms with Gasteiger partial charge in [0.05, 0.1) is 0 Å². The van der Waals surface area contributed by atoms with Gasteiger partial charge in [0.2, 0.25) is 0 Å². The molecule has 0 spiro atoms. The number of hydrogen-bond donors (Lipinski definition) is 0. The van der Waals surface area contributed by atoms with E-state index in [4.69, 9.17) is 4.74 Å². The second kappa shape index (κ2) is 4.91. The van der Waals surface area contributed by atoms with Crippen molar-refractivity contribution in [2.24, 2.45) is 0 Å². The number of benzene rings is 2. The zero-order valence-corrected chi connectivity index (χ0v) is 10.9. The van der Waals surface area contributed by atoms with Gasteiger partial charge >= 0.3 is 0 Å². The van der Waals surface area contributed by atoms with Gasteiger partial charge in [-0.15, -0.1) is 0 Å². The third-order valence-corrected chi connectivity index (χ3v) is 3.41. The quantitative estimate of drug-likeness (QED) is 0.396. The number of fused-ring (bicyclic) bond motifs is 3. The van der Waals surface area contributed by atoms with Crippen LogP contribution in [0.1, 0.15) is 11.1 Å². The lowest BCUT2D eigenvalue weighted by molar-refractivity contribution is 0.360. The average Bonchev–Trinajstić information content (AvgIpc) is 2.81. The van der Waals surface area contributed by atoms with Gasteiger partial charge in [-0.1, -0.05) is 12.7 Å². The smallest absolute Gasteiger partial charge is 0.194 e. The molecule has 5 heteroatoms. The second-order valence-electron chi connectivity index (χ2n) is 4.73. The van der Waals surface area contributed by atoms with Gasteiger partial charge in [0, 0.05) is 23.6 Å². The van der Waals surface area contributed by atoms with Gasteiger partial charge in [-0.05, 0) is 23.3 Å². The first-order valence-corrected chi connectivity index (χ1v) is 6.25. The van der Waals surface area contributed by atoms with Crippen molar-refractivity contribution in [2.45, 2.75) is 6.42 Å². The van der Waals surface area contributed by atoms with Crippen LogP contribution in [0.5, 0.6) is 5.75 Å². The van der Waals surface area contributed by atoms with Crippen LogP contribution in [0.2, 0.25) is 0 Å². The molecule has 0 bridgehead atoms. The fourth-order valence-corrected chi connectivity index (χ4v) is 2.53. The molecule has 0 heterocycles. The third-order valence-electron chi connectivity index (χ3n) is 3.41. The summed E-state index contributed by atoms with van der Waals surface area (Å²) in [6.07, 6.45) is 1.50. The summed E-state index contributed by atoms with van der Waals surface area (Å²) in [5.74, 6) is -4.53. The Kier molecular flexibility index (Phi) is 3.20. The Hall–Kier alpha value is -2.30. The molecule has 1 nitrogen and oxygen atoms in total. The SMILES string of the molecule is C=CCOc1cc(F)c2c(c1)Cc1c-2cc(F)c(F)c1F. The highest BCUT2D eigenvalue weighted by Gasteiger charge is 2.29. The summed E-state index contributed by atoms with van der Waals surface area (Å²) in [6.45, 7) is 3.68. The van der Waals surface area contributed by atoms with Crippen LogP contribution in [-0.2, 0) is 6.42 Å². The lowest BCUT2D eigenvalue weighted by Gasteiger charge is -2.08. The standard InChI is InChI=1S/C16H10F4O/c1-2-3-21-9-4-8-5-11-10(14(8)12(17)6-9)7-13(18)16(20)15(11)19/h2,4,6-7H,1,3,5H2. The van der Waals surface area contributed by atoms with Gasteiger partial charge in [0.15, 0.2) is 17.5 Å². The Morgan fingerprint density at radius 2 is 1.81 bits per heavy atom. The highest BCUT2D eigenvalue weighted by atomic mass is 19.2. The molecule has 0 atom stereocenters. The molecule has 1 aliphatic carbocycles. The number of halogens is 4. The molecular formula is C16H10F4O. The maximum atomic E-state index is 14.2. The minimum Gasteiger partial charge on any atom is -0.489 e. The molecule has 0 saturated carbocycles. The molecule has 0 saturated heterocycles. The Labute approximate surface area is 118 Å². The summed E-state index contributed by atoms with van der Waals surface area (Å²) in [6, 6.07) is 3.50. The molecular weight excluding hydrogens is 284 g/mol. The highest BCUT2D eigenvalue weighted by Crippen LogP contribution is 2.42. The summed E-state index contributed by atoms with van der Waals surface area (Å²) in [5.41, 5.74) is 0.541. The van der Waals surface area contributed by atoms with Crippen LogP contribution < -0.4 is 4.74 Å². The molecule has 3 rings (SSSR count). The van der Waals surface area contributed by atoms with Crippen molar-refractivity contribution in [1.82, 2.24) is 0 Å². The molecule has 0 amide bonds. The summed E-state index contributed by atoms with van der Waals surface area (Å²) >= 11 is 0. The van der Waals surface area contributed by atoms with E-state index in [0.29, 0.717) is 5.56 Å². The minimum absolute atomic E-state index is 0.00406. The highest BCUT2D eigenvalue weighted by molar-refractivity contribution is 5.78. The largest absolute Gasteiger partial charge is 0.489 e. The molecule has 2 aromatic carbocycles. The molecule has 2 aromatic rings. The maximum Gasteiger partial charge on any atom is 0.194 e. The van der Waals surface area contributed by atoms with Gasteiger partial charge in [0.1, 0.15) is 18.2 Å². The van der Waals surface area contributed by atoms with Crippen molar-refractivity contribution in [3.63, 3.8) is 0 Å². The topological polar surface area (TPSA) is 9.23 Å². The van der Waals surface area contributed by atoms with Gasteiger partial charge in [-0.2, -0.15) is 0 Å². The van der Waals surface area contributed by atoms with E-state index >= 15 is 0 Å². The minimum atomic E-state index is -1.54. The predicted molar refractivity (Wildman–Crippen MR) is 70.2 cm³/mol. The van der Waals surface area contributed by atoms with Gasteiger partial charge in [-0.25, -0.2) is 17.6 Å². The summed E-state index contributed by atoms with van der Waals surface area (Å²) < 4.78 is 59.8. The first-order valence-electron chi connectivity index (χ1n) is 6.25. The lowest BCUT2D eigenvalue weighted by Crippen LogP contribution is -1.96. The number of hydrogen-bond acceptors (Lipinski definition) is 1. The van der Waals surface area contributed by atoms with Gasteiger partial charge < -0.3 is 4.74 Å². The van der Waals surface area contributed by atoms with Crippen LogP contribution in [0.3, 0.4) is 0 Å². The molecule has 21 heavy (non-hydrogen) atoms. The maximum absolute atomic E-state index is 14.2. The zero-order valence-electron chi connectivity index (χ0n) is 10.9. The summed E-state index contributed by atoms with van der Waals surface area (Å²) in [5, 5.41) is 0. The summed E-state index contributed by atoms with van der Waals surface area (Å²) in [7, 11) is 0. The number of ether oxygens (including phenoxy) is 1. The zero-order chi connectivity index (χ0) is 15.1. The normalized spacial score (nSPS) is 12.0. The third kappa shape index (κ3) is 2.09. The van der Waals surface area contributed by atoms with Crippen LogP contribution >= 0.6 is 0 Å². The van der Waals surface area contributed by atoms with E-state index < -0.39 is 23.3 Å². The van der Waals surface area contributed by atoms with Crippen molar-refractivity contribution in [1.29, 1.82) is 0 Å². The van der Waals surface area contributed by atoms with E-state index in [-0.39, 0.29) is 35.5 Å². The van der Waals surface area contributed by atoms with E-state index in [9.17, 15) is 17.6 Å². The Morgan fingerprint density at radius 3 is 2.52 bits per heavy atom. The fourth-order valence-electron chi connectivity index (χ4n) is 2.53. The van der Waals surface area contributed by atoms with Crippen LogP contribution in [0, 0.1) is 23.3 Å². The first-order chi connectivity index (χ1) is 10.0. The van der Waals surface area contributed by atoms with Gasteiger partial charge in [-0.3, -0.25) is 0 Å². The fraction of sp³-hybridized carbons (Fsp3) is 0.125. The van der Waals surface area contributed by atoms with Crippen molar-refractivity contribution in [2.75, 3.05) is 6.61 Å². The Morgan fingerprint density at radius 1 is 1.05 bits per heavy atom. The van der Waals surface area contributed by atoms with E-state index in [1.165, 1.54) is 12.1 Å². The average molecular weight is 294 g/mol. The monoisotopic (exact) mass is 294 g/mol. The van der Waals surface area contributed by atoms with Crippen LogP contribution in [0.15, 0.2) is 30.9 Å². The second-order valence-corrected chi connectivity index (χ2v) is 4.73. The number of rotatable bonds is 3. The van der Waals surface area contributed by atoms with Crippen molar-refractivity contribution in [3.05, 3.63) is 65.2 Å². The predicted octanol–water partition coefficient (Wildman–Crippen LogP) is 4.38. The van der Waals surface area contributed by atoms with Crippen LogP contribution in [0.4, 0.5) is 17.6 Å². The molecule has 0 radical (unpaired) electrons. The van der Waals surface area contributed by atoms with Crippen LogP contribution in [-0.4, -0.2) is 6.61 Å². The van der Waals surface area contributed by atoms with E-state index in [2.05, 4.69) is 6.58 Å². The molecule has 1 aliphatic rings. The van der Waals surface area contributed by atoms with Crippen LogP contribution in [0.25, 0.3) is 11.1 Å². The van der Waals surface area contributed by atoms with Crippen molar-refractivity contribution in [3.8, 4) is 16.9 Å². The summed E-state index contributed by atoms with van der Waals surface area (Å²) in [4.78, 5) is 0. The molecule has 0 N–H and O–H groups in total. The molecule has 0 unspecified atom stereocenters. The van der Waals surface area contributed by atoms with Crippen molar-refractivity contribution >= 4 is 0 Å². The molecule has 0 aromatic heterocycles. The van der Waals surface area contributed by atoms with E-state index in [1.54, 1.807) is 0 Å². The van der Waals surface area contributed by atoms with Crippen molar-refractivity contribution < 1.29 is 22.3 Å². The van der Waals surface area contributed by atoms with E-state index in [1.807, 2.05) is 0 Å².